The number of benzene rings is 1. The zero-order chi connectivity index (χ0) is 20.3. The first-order valence-electron chi connectivity index (χ1n) is 8.59. The Morgan fingerprint density at radius 3 is 2.36 bits per heavy atom. The summed E-state index contributed by atoms with van der Waals surface area (Å²) in [6.45, 7) is 0.658. The van der Waals surface area contributed by atoms with Crippen molar-refractivity contribution in [3.05, 3.63) is 47.8 Å². The molecule has 2 heterocycles. The minimum Gasteiger partial charge on any atom is -0.484 e. The van der Waals surface area contributed by atoms with E-state index in [9.17, 15) is 22.8 Å². The molecule has 0 unspecified atom stereocenters. The van der Waals surface area contributed by atoms with Gasteiger partial charge in [-0.15, -0.1) is 0 Å². The summed E-state index contributed by atoms with van der Waals surface area (Å²) in [4.78, 5) is 24.8. The molecule has 10 heteroatoms. The van der Waals surface area contributed by atoms with Crippen molar-refractivity contribution in [2.45, 2.75) is 25.1 Å². The molecule has 1 aromatic carbocycles. The summed E-state index contributed by atoms with van der Waals surface area (Å²) in [5.74, 6) is -1.11. The van der Waals surface area contributed by atoms with Crippen LogP contribution in [0.3, 0.4) is 0 Å². The highest BCUT2D eigenvalue weighted by atomic mass is 19.4. The lowest BCUT2D eigenvalue weighted by Crippen LogP contribution is -2.41. The van der Waals surface area contributed by atoms with Crippen molar-refractivity contribution < 1.29 is 32.6 Å². The summed E-state index contributed by atoms with van der Waals surface area (Å²) in [6, 6.07) is 4.18. The SMILES string of the molecule is O=C(O)c1cnn(C2CCN(C(=O)COc3ccc(C(F)(F)F)cc3)CC2)c1. The number of ether oxygens (including phenoxy) is 1. The van der Waals surface area contributed by atoms with Gasteiger partial charge in [0.2, 0.25) is 0 Å². The van der Waals surface area contributed by atoms with Gasteiger partial charge in [0.25, 0.3) is 5.91 Å². The van der Waals surface area contributed by atoms with Crippen LogP contribution in [0.5, 0.6) is 5.75 Å². The van der Waals surface area contributed by atoms with Crippen molar-refractivity contribution in [2.24, 2.45) is 0 Å². The third kappa shape index (κ3) is 4.62. The van der Waals surface area contributed by atoms with Gasteiger partial charge < -0.3 is 14.7 Å². The van der Waals surface area contributed by atoms with Crippen molar-refractivity contribution in [2.75, 3.05) is 19.7 Å². The number of carboxylic acids is 1. The van der Waals surface area contributed by atoms with Gasteiger partial charge in [-0.3, -0.25) is 9.48 Å². The molecule has 1 N–H and O–H groups in total. The van der Waals surface area contributed by atoms with Gasteiger partial charge in [-0.2, -0.15) is 18.3 Å². The number of halogens is 3. The first-order chi connectivity index (χ1) is 13.2. The Labute approximate surface area is 158 Å². The van der Waals surface area contributed by atoms with Crippen LogP contribution in [-0.2, 0) is 11.0 Å². The van der Waals surface area contributed by atoms with Crippen LogP contribution in [0.4, 0.5) is 13.2 Å². The van der Waals surface area contributed by atoms with E-state index in [0.717, 1.165) is 12.1 Å². The van der Waals surface area contributed by atoms with Crippen molar-refractivity contribution in [3.63, 3.8) is 0 Å². The van der Waals surface area contributed by atoms with Crippen LogP contribution < -0.4 is 4.74 Å². The van der Waals surface area contributed by atoms with E-state index < -0.39 is 17.7 Å². The normalized spacial score (nSPS) is 15.5. The van der Waals surface area contributed by atoms with Crippen LogP contribution in [0.1, 0.15) is 34.8 Å². The summed E-state index contributed by atoms with van der Waals surface area (Å²) >= 11 is 0. The number of aromatic carboxylic acids is 1. The summed E-state index contributed by atoms with van der Waals surface area (Å²) in [6.07, 6.45) is -0.423. The van der Waals surface area contributed by atoms with Crippen molar-refractivity contribution in [3.8, 4) is 5.75 Å². The zero-order valence-electron chi connectivity index (χ0n) is 14.7. The van der Waals surface area contributed by atoms with E-state index in [1.165, 1.54) is 24.5 Å². The maximum absolute atomic E-state index is 12.5. The third-order valence-corrected chi connectivity index (χ3v) is 4.58. The largest absolute Gasteiger partial charge is 0.484 e. The van der Waals surface area contributed by atoms with Crippen LogP contribution in [0.15, 0.2) is 36.7 Å². The average Bonchev–Trinajstić information content (AvgIpc) is 3.16. The molecule has 3 rings (SSSR count). The highest BCUT2D eigenvalue weighted by Crippen LogP contribution is 2.30. The van der Waals surface area contributed by atoms with Gasteiger partial charge in [0.05, 0.1) is 23.4 Å². The minimum absolute atomic E-state index is 0.00739. The number of nitrogens with zero attached hydrogens (tertiary/aromatic N) is 3. The van der Waals surface area contributed by atoms with Gasteiger partial charge >= 0.3 is 12.1 Å². The molecule has 0 radical (unpaired) electrons. The van der Waals surface area contributed by atoms with E-state index in [1.807, 2.05) is 0 Å². The summed E-state index contributed by atoms with van der Waals surface area (Å²) in [5, 5.41) is 13.0. The second-order valence-electron chi connectivity index (χ2n) is 6.44. The Balaban J connectivity index is 1.48. The molecule has 0 spiro atoms. The van der Waals surface area contributed by atoms with Crippen molar-refractivity contribution >= 4 is 11.9 Å². The predicted octanol–water partition coefficient (Wildman–Crippen LogP) is 2.84. The maximum Gasteiger partial charge on any atom is 0.416 e. The Morgan fingerprint density at radius 1 is 1.18 bits per heavy atom. The van der Waals surface area contributed by atoms with E-state index >= 15 is 0 Å². The fraction of sp³-hybridized carbons (Fsp3) is 0.389. The molecular formula is C18H18F3N3O4. The van der Waals surface area contributed by atoms with Crippen molar-refractivity contribution in [1.82, 2.24) is 14.7 Å². The van der Waals surface area contributed by atoms with E-state index in [0.29, 0.717) is 25.9 Å². The van der Waals surface area contributed by atoms with E-state index in [-0.39, 0.29) is 29.9 Å². The summed E-state index contributed by atoms with van der Waals surface area (Å²) in [7, 11) is 0. The molecule has 1 saturated heterocycles. The van der Waals surface area contributed by atoms with Crippen LogP contribution in [0, 0.1) is 0 Å². The highest BCUT2D eigenvalue weighted by molar-refractivity contribution is 5.86. The van der Waals surface area contributed by atoms with Gasteiger partial charge in [-0.25, -0.2) is 4.79 Å². The molecule has 150 valence electrons. The van der Waals surface area contributed by atoms with Crippen LogP contribution in [-0.4, -0.2) is 51.4 Å². The number of hydrogen-bond donors (Lipinski definition) is 1. The monoisotopic (exact) mass is 397 g/mol. The van der Waals surface area contributed by atoms with Crippen molar-refractivity contribution in [1.29, 1.82) is 0 Å². The molecule has 1 fully saturated rings. The number of hydrogen-bond acceptors (Lipinski definition) is 4. The first kappa shape index (κ1) is 19.7. The van der Waals surface area contributed by atoms with Crippen LogP contribution in [0.2, 0.25) is 0 Å². The fourth-order valence-corrected chi connectivity index (χ4v) is 3.00. The van der Waals surface area contributed by atoms with Gasteiger partial charge in [0.15, 0.2) is 6.61 Å². The number of alkyl halides is 3. The molecule has 1 aromatic heterocycles. The quantitative estimate of drug-likeness (QED) is 0.839. The zero-order valence-corrected chi connectivity index (χ0v) is 14.7. The second-order valence-corrected chi connectivity index (χ2v) is 6.44. The molecule has 0 saturated carbocycles. The predicted molar refractivity (Wildman–Crippen MR) is 91.0 cm³/mol. The summed E-state index contributed by atoms with van der Waals surface area (Å²) in [5.41, 5.74) is -0.665. The number of carbonyl (C=O) groups excluding carboxylic acids is 1. The van der Waals surface area contributed by atoms with Gasteiger partial charge in [0, 0.05) is 19.3 Å². The Kier molecular flexibility index (Phi) is 5.57. The lowest BCUT2D eigenvalue weighted by atomic mass is 10.1. The minimum atomic E-state index is -4.42. The molecule has 0 atom stereocenters. The third-order valence-electron chi connectivity index (χ3n) is 4.58. The fourth-order valence-electron chi connectivity index (χ4n) is 3.00. The lowest BCUT2D eigenvalue weighted by Gasteiger charge is -2.32. The number of rotatable bonds is 5. The Hall–Kier alpha value is -3.04. The van der Waals surface area contributed by atoms with E-state index in [4.69, 9.17) is 9.84 Å². The smallest absolute Gasteiger partial charge is 0.416 e. The Morgan fingerprint density at radius 2 is 1.82 bits per heavy atom. The van der Waals surface area contributed by atoms with Gasteiger partial charge in [-0.1, -0.05) is 0 Å². The molecule has 0 aliphatic carbocycles. The number of likely N-dealkylation sites (tertiary alicyclic amines) is 1. The molecule has 1 aliphatic rings. The second kappa shape index (κ2) is 7.91. The molecule has 1 aliphatic heterocycles. The molecular weight excluding hydrogens is 379 g/mol. The molecule has 2 aromatic rings. The maximum atomic E-state index is 12.5. The number of carbonyl (C=O) groups is 2. The first-order valence-corrected chi connectivity index (χ1v) is 8.59. The van der Waals surface area contributed by atoms with E-state index in [2.05, 4.69) is 5.10 Å². The van der Waals surface area contributed by atoms with Gasteiger partial charge in [-0.05, 0) is 37.1 Å². The topological polar surface area (TPSA) is 84.7 Å². The Bertz CT molecular complexity index is 841. The summed E-state index contributed by atoms with van der Waals surface area (Å²) < 4.78 is 44.5. The highest BCUT2D eigenvalue weighted by Gasteiger charge is 2.30. The standard InChI is InChI=1S/C18H18F3N3O4/c19-18(20,21)13-1-3-15(4-2-13)28-11-16(25)23-7-5-14(6-8-23)24-10-12(9-22-24)17(26)27/h1-4,9-10,14H,5-8,11H2,(H,26,27). The lowest BCUT2D eigenvalue weighted by molar-refractivity contribution is -0.138. The van der Waals surface area contributed by atoms with Crippen LogP contribution in [0.25, 0.3) is 0 Å². The number of aromatic nitrogens is 2. The van der Waals surface area contributed by atoms with Crippen LogP contribution >= 0.6 is 0 Å². The molecule has 7 nitrogen and oxygen atoms in total. The number of carboxylic acid groups (broad SMARTS) is 1. The number of amides is 1. The molecule has 0 bridgehead atoms. The average molecular weight is 397 g/mol. The molecule has 28 heavy (non-hydrogen) atoms. The molecule has 1 amide bonds. The van der Waals surface area contributed by atoms with E-state index in [1.54, 1.807) is 9.58 Å². The van der Waals surface area contributed by atoms with Gasteiger partial charge in [0.1, 0.15) is 5.75 Å². The number of piperidine rings is 1.